The molecule has 0 fully saturated rings. The van der Waals surface area contributed by atoms with Crippen LogP contribution in [0.2, 0.25) is 19.6 Å². The van der Waals surface area contributed by atoms with Crippen molar-refractivity contribution in [1.82, 2.24) is 0 Å². The highest BCUT2D eigenvalue weighted by Crippen LogP contribution is 2.05. The van der Waals surface area contributed by atoms with Gasteiger partial charge in [0, 0.05) is 11.4 Å². The molecule has 0 aliphatic carbocycles. The molecule has 0 rings (SSSR count). The zero-order valence-electron chi connectivity index (χ0n) is 7.98. The Hall–Kier alpha value is -0.0931. The maximum atomic E-state index is 11.1. The largest absolute Gasteiger partial charge is 0.517 e. The summed E-state index contributed by atoms with van der Waals surface area (Å²) in [5.41, 5.74) is 0.984. The Labute approximate surface area is 83.3 Å². The number of alkyl halides is 1. The molecule has 0 amide bonds. The molecule has 0 radical (unpaired) electrons. The second kappa shape index (κ2) is 4.82. The van der Waals surface area contributed by atoms with Crippen LogP contribution in [0.15, 0.2) is 11.6 Å². The lowest BCUT2D eigenvalue weighted by atomic mass is 10.3. The fraction of sp³-hybridized carbons (Fsp3) is 0.625. The number of hydrogen-bond donors (Lipinski definition) is 0. The molecule has 0 aromatic rings. The number of rotatable bonds is 3. The van der Waals surface area contributed by atoms with E-state index in [-0.39, 0.29) is 5.97 Å². The average Bonchev–Trinajstić information content (AvgIpc) is 1.82. The molecule has 0 aliphatic rings. The first kappa shape index (κ1) is 11.9. The van der Waals surface area contributed by atoms with Gasteiger partial charge in [-0.25, -0.2) is 4.79 Å². The Morgan fingerprint density at radius 1 is 1.50 bits per heavy atom. The van der Waals surface area contributed by atoms with E-state index in [2.05, 4.69) is 15.9 Å². The topological polar surface area (TPSA) is 26.3 Å². The van der Waals surface area contributed by atoms with E-state index in [1.54, 1.807) is 0 Å². The normalized spacial score (nSPS) is 12.9. The van der Waals surface area contributed by atoms with Crippen molar-refractivity contribution in [2.75, 3.05) is 5.33 Å². The predicted molar refractivity (Wildman–Crippen MR) is 57.0 cm³/mol. The van der Waals surface area contributed by atoms with E-state index in [0.29, 0.717) is 5.33 Å². The standard InChI is InChI=1S/C8H15BrO2Si/c1-7(6-9)5-8(10)11-12(2,3)4/h5H,6H2,1-4H3/b7-5+. The molecule has 0 unspecified atom stereocenters. The molecular weight excluding hydrogens is 236 g/mol. The lowest BCUT2D eigenvalue weighted by Gasteiger charge is -2.15. The summed E-state index contributed by atoms with van der Waals surface area (Å²) in [7, 11) is -1.71. The summed E-state index contributed by atoms with van der Waals surface area (Å²) in [5, 5.41) is 0.716. The van der Waals surface area contributed by atoms with Gasteiger partial charge in [-0.15, -0.1) is 0 Å². The Balaban J connectivity index is 4.08. The van der Waals surface area contributed by atoms with Crippen LogP contribution in [0.1, 0.15) is 6.92 Å². The molecule has 12 heavy (non-hydrogen) atoms. The van der Waals surface area contributed by atoms with Crippen molar-refractivity contribution in [3.8, 4) is 0 Å². The van der Waals surface area contributed by atoms with Crippen LogP contribution in [-0.2, 0) is 9.22 Å². The molecule has 0 aromatic heterocycles. The summed E-state index contributed by atoms with van der Waals surface area (Å²) in [5.74, 6) is -0.217. The van der Waals surface area contributed by atoms with Crippen LogP contribution in [0.5, 0.6) is 0 Å². The fourth-order valence-corrected chi connectivity index (χ4v) is 1.40. The fourth-order valence-electron chi connectivity index (χ4n) is 0.571. The molecule has 0 bridgehead atoms. The van der Waals surface area contributed by atoms with Crippen molar-refractivity contribution in [2.45, 2.75) is 26.6 Å². The Morgan fingerprint density at radius 3 is 2.33 bits per heavy atom. The van der Waals surface area contributed by atoms with Gasteiger partial charge in [0.05, 0.1) is 0 Å². The van der Waals surface area contributed by atoms with Crippen LogP contribution in [0.4, 0.5) is 0 Å². The number of carbonyl (C=O) groups is 1. The summed E-state index contributed by atoms with van der Waals surface area (Å²) in [4.78, 5) is 11.1. The van der Waals surface area contributed by atoms with E-state index < -0.39 is 8.32 Å². The van der Waals surface area contributed by atoms with E-state index in [1.807, 2.05) is 26.6 Å². The van der Waals surface area contributed by atoms with Crippen molar-refractivity contribution < 1.29 is 9.22 Å². The van der Waals surface area contributed by atoms with Gasteiger partial charge in [0.2, 0.25) is 8.32 Å². The van der Waals surface area contributed by atoms with E-state index >= 15 is 0 Å². The summed E-state index contributed by atoms with van der Waals surface area (Å²) in [6.45, 7) is 7.85. The van der Waals surface area contributed by atoms with Gasteiger partial charge in [-0.3, -0.25) is 0 Å². The molecule has 0 saturated carbocycles. The first-order valence-corrected chi connectivity index (χ1v) is 8.34. The molecule has 0 heterocycles. The van der Waals surface area contributed by atoms with Crippen LogP contribution in [0, 0.1) is 0 Å². The minimum Gasteiger partial charge on any atom is -0.517 e. The third-order valence-electron chi connectivity index (χ3n) is 0.982. The quantitative estimate of drug-likeness (QED) is 0.438. The minimum absolute atomic E-state index is 0.217. The third kappa shape index (κ3) is 6.61. The number of hydrogen-bond acceptors (Lipinski definition) is 2. The Bertz CT molecular complexity index is 194. The Morgan fingerprint density at radius 2 is 2.00 bits per heavy atom. The lowest BCUT2D eigenvalue weighted by Crippen LogP contribution is -2.28. The summed E-state index contributed by atoms with van der Waals surface area (Å²) < 4.78 is 5.21. The van der Waals surface area contributed by atoms with Crippen molar-refractivity contribution in [2.24, 2.45) is 0 Å². The molecule has 0 spiro atoms. The Kier molecular flexibility index (Phi) is 4.78. The number of allylic oxidation sites excluding steroid dienone is 1. The van der Waals surface area contributed by atoms with Crippen LogP contribution < -0.4 is 0 Å². The first-order chi connectivity index (χ1) is 5.35. The highest BCUT2D eigenvalue weighted by Gasteiger charge is 2.18. The van der Waals surface area contributed by atoms with E-state index in [9.17, 15) is 4.79 Å². The molecule has 70 valence electrons. The SMILES string of the molecule is C/C(=C\C(=O)O[Si](C)(C)C)CBr. The van der Waals surface area contributed by atoms with Gasteiger partial charge < -0.3 is 4.43 Å². The predicted octanol–water partition coefficient (Wildman–Crippen LogP) is 2.71. The number of carbonyl (C=O) groups excluding carboxylic acids is 1. The van der Waals surface area contributed by atoms with Crippen molar-refractivity contribution >= 4 is 30.2 Å². The zero-order chi connectivity index (χ0) is 9.78. The molecule has 0 N–H and O–H groups in total. The third-order valence-corrected chi connectivity index (χ3v) is 2.68. The van der Waals surface area contributed by atoms with Gasteiger partial charge in [0.25, 0.3) is 0 Å². The molecule has 4 heteroatoms. The second-order valence-electron chi connectivity index (χ2n) is 3.66. The van der Waals surface area contributed by atoms with Gasteiger partial charge in [-0.1, -0.05) is 21.5 Å². The van der Waals surface area contributed by atoms with Gasteiger partial charge >= 0.3 is 5.97 Å². The lowest BCUT2D eigenvalue weighted by molar-refractivity contribution is -0.129. The van der Waals surface area contributed by atoms with Crippen molar-refractivity contribution in [1.29, 1.82) is 0 Å². The van der Waals surface area contributed by atoms with Crippen LogP contribution >= 0.6 is 15.9 Å². The summed E-state index contributed by atoms with van der Waals surface area (Å²) in [6, 6.07) is 0. The maximum absolute atomic E-state index is 11.1. The molecule has 0 saturated heterocycles. The van der Waals surface area contributed by atoms with Gasteiger partial charge in [0.1, 0.15) is 0 Å². The van der Waals surface area contributed by atoms with E-state index in [1.165, 1.54) is 6.08 Å². The number of halogens is 1. The van der Waals surface area contributed by atoms with Crippen LogP contribution in [0.25, 0.3) is 0 Å². The van der Waals surface area contributed by atoms with E-state index in [4.69, 9.17) is 4.43 Å². The van der Waals surface area contributed by atoms with Gasteiger partial charge in [-0.05, 0) is 26.6 Å². The van der Waals surface area contributed by atoms with Gasteiger partial charge in [0.15, 0.2) is 0 Å². The molecule has 2 nitrogen and oxygen atoms in total. The van der Waals surface area contributed by atoms with Crippen molar-refractivity contribution in [3.63, 3.8) is 0 Å². The minimum atomic E-state index is -1.71. The highest BCUT2D eigenvalue weighted by atomic mass is 79.9. The van der Waals surface area contributed by atoms with Crippen LogP contribution in [0.3, 0.4) is 0 Å². The highest BCUT2D eigenvalue weighted by molar-refractivity contribution is 9.09. The molecule has 0 aromatic carbocycles. The van der Waals surface area contributed by atoms with Gasteiger partial charge in [-0.2, -0.15) is 0 Å². The smallest absolute Gasteiger partial charge is 0.317 e. The monoisotopic (exact) mass is 250 g/mol. The summed E-state index contributed by atoms with van der Waals surface area (Å²) in [6.07, 6.45) is 1.53. The first-order valence-electron chi connectivity index (χ1n) is 3.81. The molecule has 0 aliphatic heterocycles. The summed E-state index contributed by atoms with van der Waals surface area (Å²) >= 11 is 3.26. The zero-order valence-corrected chi connectivity index (χ0v) is 10.6. The molecular formula is C8H15BrO2Si. The second-order valence-corrected chi connectivity index (χ2v) is 8.65. The molecule has 0 atom stereocenters. The average molecular weight is 251 g/mol. The van der Waals surface area contributed by atoms with Crippen molar-refractivity contribution in [3.05, 3.63) is 11.6 Å². The van der Waals surface area contributed by atoms with Crippen LogP contribution in [-0.4, -0.2) is 19.6 Å². The maximum Gasteiger partial charge on any atom is 0.317 e. The van der Waals surface area contributed by atoms with E-state index in [0.717, 1.165) is 5.57 Å².